The summed E-state index contributed by atoms with van der Waals surface area (Å²) in [6.45, 7) is 0.938. The van der Waals surface area contributed by atoms with E-state index in [4.69, 9.17) is 14.0 Å². The molecule has 0 spiro atoms. The van der Waals surface area contributed by atoms with Gasteiger partial charge in [-0.05, 0) is 37.5 Å². The van der Waals surface area contributed by atoms with Crippen molar-refractivity contribution in [3.63, 3.8) is 0 Å². The van der Waals surface area contributed by atoms with Crippen molar-refractivity contribution in [1.29, 1.82) is 0 Å². The minimum atomic E-state index is -4.45. The fourth-order valence-electron chi connectivity index (χ4n) is 3.18. The van der Waals surface area contributed by atoms with Crippen molar-refractivity contribution in [2.24, 2.45) is 0 Å². The molecule has 1 aromatic heterocycles. The quantitative estimate of drug-likeness (QED) is 0.738. The van der Waals surface area contributed by atoms with Gasteiger partial charge in [-0.1, -0.05) is 11.2 Å². The second kappa shape index (κ2) is 8.64. The van der Waals surface area contributed by atoms with Crippen LogP contribution in [0, 0.1) is 0 Å². The molecule has 152 valence electrons. The lowest BCUT2D eigenvalue weighted by Gasteiger charge is -2.34. The van der Waals surface area contributed by atoms with E-state index >= 15 is 0 Å². The van der Waals surface area contributed by atoms with Crippen LogP contribution in [0.5, 0.6) is 5.75 Å². The molecule has 1 atom stereocenters. The van der Waals surface area contributed by atoms with Crippen molar-refractivity contribution >= 4 is 5.91 Å². The number of rotatable bonds is 6. The Hall–Kier alpha value is -2.55. The van der Waals surface area contributed by atoms with Gasteiger partial charge in [-0.3, -0.25) is 4.79 Å². The summed E-state index contributed by atoms with van der Waals surface area (Å²) < 4.78 is 53.9. The fraction of sp³-hybridized carbons (Fsp3) is 0.474. The average molecular weight is 398 g/mol. The Labute approximate surface area is 160 Å². The highest BCUT2D eigenvalue weighted by atomic mass is 19.4. The monoisotopic (exact) mass is 398 g/mol. The highest BCUT2D eigenvalue weighted by molar-refractivity contribution is 5.92. The summed E-state index contributed by atoms with van der Waals surface area (Å²) in [5, 5.41) is 3.79. The number of likely N-dealkylation sites (tertiary alicyclic amines) is 1. The van der Waals surface area contributed by atoms with Crippen LogP contribution < -0.4 is 4.74 Å². The third-order valence-corrected chi connectivity index (χ3v) is 4.57. The number of ether oxygens (including phenoxy) is 2. The molecule has 1 aliphatic rings. The van der Waals surface area contributed by atoms with E-state index in [1.807, 2.05) is 0 Å². The van der Waals surface area contributed by atoms with Gasteiger partial charge >= 0.3 is 6.18 Å². The van der Waals surface area contributed by atoms with Crippen LogP contribution in [0.15, 0.2) is 34.9 Å². The smallest absolute Gasteiger partial charge is 0.416 e. The van der Waals surface area contributed by atoms with Gasteiger partial charge in [0.1, 0.15) is 12.4 Å². The number of halogens is 3. The van der Waals surface area contributed by atoms with Crippen molar-refractivity contribution in [3.05, 3.63) is 47.3 Å². The second-order valence-corrected chi connectivity index (χ2v) is 6.60. The predicted octanol–water partition coefficient (Wildman–Crippen LogP) is 3.91. The van der Waals surface area contributed by atoms with Crippen LogP contribution >= 0.6 is 0 Å². The Morgan fingerprint density at radius 3 is 2.89 bits per heavy atom. The first kappa shape index (κ1) is 20.2. The molecule has 28 heavy (non-hydrogen) atoms. The third-order valence-electron chi connectivity index (χ3n) is 4.57. The zero-order valence-corrected chi connectivity index (χ0v) is 15.4. The van der Waals surface area contributed by atoms with Crippen LogP contribution in [0.2, 0.25) is 0 Å². The van der Waals surface area contributed by atoms with Crippen molar-refractivity contribution in [2.45, 2.75) is 38.1 Å². The van der Waals surface area contributed by atoms with E-state index < -0.39 is 11.7 Å². The van der Waals surface area contributed by atoms with Crippen molar-refractivity contribution in [3.8, 4) is 5.75 Å². The van der Waals surface area contributed by atoms with Crippen LogP contribution in [-0.4, -0.2) is 42.3 Å². The van der Waals surface area contributed by atoms with E-state index in [1.54, 1.807) is 12.0 Å². The van der Waals surface area contributed by atoms with Crippen molar-refractivity contribution < 1.29 is 32.0 Å². The molecule has 2 heterocycles. The van der Waals surface area contributed by atoms with Gasteiger partial charge in [0.15, 0.2) is 11.5 Å². The van der Waals surface area contributed by atoms with E-state index in [0.29, 0.717) is 13.2 Å². The summed E-state index contributed by atoms with van der Waals surface area (Å²) in [5.74, 6) is 0.0483. The predicted molar refractivity (Wildman–Crippen MR) is 92.8 cm³/mol. The molecule has 0 N–H and O–H groups in total. The lowest BCUT2D eigenvalue weighted by atomic mass is 10.0. The number of amides is 1. The van der Waals surface area contributed by atoms with Gasteiger partial charge in [0.05, 0.1) is 18.2 Å². The van der Waals surface area contributed by atoms with Gasteiger partial charge in [-0.25, -0.2) is 0 Å². The first-order valence-corrected chi connectivity index (χ1v) is 8.94. The summed E-state index contributed by atoms with van der Waals surface area (Å²) in [6, 6.07) is 6.00. The number of nitrogens with zero attached hydrogens (tertiary/aromatic N) is 2. The summed E-state index contributed by atoms with van der Waals surface area (Å²) in [6.07, 6.45) is -1.64. The zero-order chi connectivity index (χ0) is 20.1. The Bertz CT molecular complexity index is 804. The maximum atomic E-state index is 12.8. The molecule has 0 bridgehead atoms. The molecule has 1 amide bonds. The van der Waals surface area contributed by atoms with Gasteiger partial charge < -0.3 is 18.9 Å². The topological polar surface area (TPSA) is 64.8 Å². The lowest BCUT2D eigenvalue weighted by molar-refractivity contribution is -0.137. The van der Waals surface area contributed by atoms with E-state index in [0.717, 1.165) is 31.4 Å². The molecule has 9 heteroatoms. The molecular formula is C19H21F3N2O4. The highest BCUT2D eigenvalue weighted by Crippen LogP contribution is 2.31. The fourth-order valence-corrected chi connectivity index (χ4v) is 3.18. The Morgan fingerprint density at radius 2 is 2.14 bits per heavy atom. The Balaban J connectivity index is 1.63. The molecule has 0 unspecified atom stereocenters. The number of piperidine rings is 1. The van der Waals surface area contributed by atoms with Crippen LogP contribution in [0.3, 0.4) is 0 Å². The standard InChI is InChI=1S/C19H21F3N2O4/c1-26-11-14-6-2-3-8-24(14)18(25)17-10-16(28-23-17)12-27-15-7-4-5-13(9-15)19(20,21)22/h4-5,7,9-10,14H,2-3,6,8,11-12H2,1H3/t14-/m1/s1. The number of hydrogen-bond donors (Lipinski definition) is 0. The van der Waals surface area contributed by atoms with Crippen LogP contribution in [0.4, 0.5) is 13.2 Å². The molecule has 0 radical (unpaired) electrons. The first-order valence-electron chi connectivity index (χ1n) is 8.94. The average Bonchev–Trinajstić information content (AvgIpc) is 3.15. The van der Waals surface area contributed by atoms with Crippen LogP contribution in [0.25, 0.3) is 0 Å². The minimum absolute atomic E-state index is 0.00671. The van der Waals surface area contributed by atoms with Gasteiger partial charge in [-0.2, -0.15) is 13.2 Å². The number of aromatic nitrogens is 1. The van der Waals surface area contributed by atoms with Crippen molar-refractivity contribution in [1.82, 2.24) is 10.1 Å². The molecule has 2 aromatic rings. The second-order valence-electron chi connectivity index (χ2n) is 6.60. The number of methoxy groups -OCH3 is 1. The maximum absolute atomic E-state index is 12.8. The molecule has 1 aromatic carbocycles. The molecular weight excluding hydrogens is 377 g/mol. The Morgan fingerprint density at radius 1 is 1.32 bits per heavy atom. The van der Waals surface area contributed by atoms with Crippen molar-refractivity contribution in [2.75, 3.05) is 20.3 Å². The summed E-state index contributed by atoms with van der Waals surface area (Å²) in [4.78, 5) is 14.4. The molecule has 6 nitrogen and oxygen atoms in total. The lowest BCUT2D eigenvalue weighted by Crippen LogP contribution is -2.46. The molecule has 1 saturated heterocycles. The molecule has 1 fully saturated rings. The minimum Gasteiger partial charge on any atom is -0.486 e. The van der Waals surface area contributed by atoms with Gasteiger partial charge in [0.2, 0.25) is 0 Å². The van der Waals surface area contributed by atoms with Crippen LogP contribution in [-0.2, 0) is 17.5 Å². The maximum Gasteiger partial charge on any atom is 0.416 e. The van der Waals surface area contributed by atoms with E-state index in [1.165, 1.54) is 18.2 Å². The number of carbonyl (C=O) groups excluding carboxylic acids is 1. The largest absolute Gasteiger partial charge is 0.486 e. The Kier molecular flexibility index (Phi) is 6.23. The molecule has 1 aliphatic heterocycles. The van der Waals surface area contributed by atoms with Gasteiger partial charge in [0, 0.05) is 19.7 Å². The van der Waals surface area contributed by atoms with Crippen LogP contribution in [0.1, 0.15) is 41.1 Å². The molecule has 0 saturated carbocycles. The summed E-state index contributed by atoms with van der Waals surface area (Å²) in [5.41, 5.74) is -0.654. The normalized spacial score (nSPS) is 17.6. The first-order chi connectivity index (χ1) is 13.4. The highest BCUT2D eigenvalue weighted by Gasteiger charge is 2.31. The number of hydrogen-bond acceptors (Lipinski definition) is 5. The summed E-state index contributed by atoms with van der Waals surface area (Å²) in [7, 11) is 1.59. The molecule has 0 aliphatic carbocycles. The van der Waals surface area contributed by atoms with E-state index in [-0.39, 0.29) is 35.8 Å². The zero-order valence-electron chi connectivity index (χ0n) is 15.4. The number of alkyl halides is 3. The SMILES string of the molecule is COC[C@H]1CCCCN1C(=O)c1cc(COc2cccc(C(F)(F)F)c2)on1. The number of carbonyl (C=O) groups is 1. The van der Waals surface area contributed by atoms with E-state index in [9.17, 15) is 18.0 Å². The van der Waals surface area contributed by atoms with Gasteiger partial charge in [0.25, 0.3) is 5.91 Å². The number of benzene rings is 1. The summed E-state index contributed by atoms with van der Waals surface area (Å²) >= 11 is 0. The third kappa shape index (κ3) is 4.83. The van der Waals surface area contributed by atoms with Gasteiger partial charge in [-0.15, -0.1) is 0 Å². The molecule has 3 rings (SSSR count). The van der Waals surface area contributed by atoms with E-state index in [2.05, 4.69) is 5.16 Å².